The molecular formula is C13H15ClO3. The van der Waals surface area contributed by atoms with Crippen LogP contribution >= 0.6 is 11.6 Å². The van der Waals surface area contributed by atoms with Gasteiger partial charge in [-0.3, -0.25) is 0 Å². The van der Waals surface area contributed by atoms with Gasteiger partial charge >= 0.3 is 5.97 Å². The number of halogens is 1. The molecule has 0 radical (unpaired) electrons. The van der Waals surface area contributed by atoms with Gasteiger partial charge in [-0.05, 0) is 30.2 Å². The molecule has 0 heterocycles. The van der Waals surface area contributed by atoms with Crippen molar-refractivity contribution in [3.63, 3.8) is 0 Å². The fraction of sp³-hybridized carbons (Fsp3) is 0.308. The summed E-state index contributed by atoms with van der Waals surface area (Å²) in [5, 5.41) is 0. The van der Waals surface area contributed by atoms with Crippen LogP contribution in [0.2, 0.25) is 0 Å². The molecule has 0 aliphatic rings. The Balaban J connectivity index is 2.50. The number of rotatable bonds is 6. The molecule has 0 unspecified atom stereocenters. The van der Waals surface area contributed by atoms with Gasteiger partial charge in [-0.15, -0.1) is 11.6 Å². The lowest BCUT2D eigenvalue weighted by Crippen LogP contribution is -1.97. The molecule has 3 nitrogen and oxygen atoms in total. The van der Waals surface area contributed by atoms with Gasteiger partial charge in [0.1, 0.15) is 5.75 Å². The van der Waals surface area contributed by atoms with Crippen molar-refractivity contribution in [2.24, 2.45) is 0 Å². The van der Waals surface area contributed by atoms with E-state index in [1.54, 1.807) is 6.08 Å². The van der Waals surface area contributed by atoms with Crippen molar-refractivity contribution in [3.8, 4) is 5.75 Å². The molecule has 17 heavy (non-hydrogen) atoms. The minimum atomic E-state index is -0.368. The minimum Gasteiger partial charge on any atom is -0.494 e. The number of esters is 1. The van der Waals surface area contributed by atoms with Gasteiger partial charge in [-0.1, -0.05) is 12.1 Å². The second-order valence-electron chi connectivity index (χ2n) is 3.32. The molecule has 0 amide bonds. The molecule has 0 atom stereocenters. The van der Waals surface area contributed by atoms with E-state index in [1.165, 1.54) is 13.2 Å². The number of carbonyl (C=O) groups is 1. The van der Waals surface area contributed by atoms with Crippen molar-refractivity contribution in [2.45, 2.75) is 6.42 Å². The molecule has 0 aliphatic carbocycles. The van der Waals surface area contributed by atoms with Gasteiger partial charge in [-0.2, -0.15) is 0 Å². The smallest absolute Gasteiger partial charge is 0.330 e. The Labute approximate surface area is 106 Å². The first-order valence-electron chi connectivity index (χ1n) is 5.31. The summed E-state index contributed by atoms with van der Waals surface area (Å²) < 4.78 is 9.95. The van der Waals surface area contributed by atoms with Crippen LogP contribution in [0.15, 0.2) is 30.3 Å². The van der Waals surface area contributed by atoms with Crippen molar-refractivity contribution >= 4 is 23.6 Å². The number of hydrogen-bond donors (Lipinski definition) is 0. The van der Waals surface area contributed by atoms with E-state index in [0.29, 0.717) is 12.5 Å². The maximum absolute atomic E-state index is 10.9. The molecule has 0 aliphatic heterocycles. The highest BCUT2D eigenvalue weighted by Crippen LogP contribution is 2.13. The number of carbonyl (C=O) groups excluding carboxylic acids is 1. The zero-order valence-electron chi connectivity index (χ0n) is 9.69. The predicted molar refractivity (Wildman–Crippen MR) is 68.3 cm³/mol. The summed E-state index contributed by atoms with van der Waals surface area (Å²) in [5.41, 5.74) is 0.917. The first kappa shape index (κ1) is 13.6. The lowest BCUT2D eigenvalue weighted by molar-refractivity contribution is -0.134. The first-order valence-corrected chi connectivity index (χ1v) is 5.84. The van der Waals surface area contributed by atoms with E-state index in [2.05, 4.69) is 4.74 Å². The van der Waals surface area contributed by atoms with E-state index in [9.17, 15) is 4.79 Å². The molecule has 92 valence electrons. The quantitative estimate of drug-likeness (QED) is 0.339. The maximum Gasteiger partial charge on any atom is 0.330 e. The number of benzene rings is 1. The Morgan fingerprint density at radius 2 is 2.06 bits per heavy atom. The van der Waals surface area contributed by atoms with E-state index in [4.69, 9.17) is 16.3 Å². The third kappa shape index (κ3) is 5.41. The van der Waals surface area contributed by atoms with Crippen LogP contribution in [0.4, 0.5) is 0 Å². The summed E-state index contributed by atoms with van der Waals surface area (Å²) in [6.45, 7) is 0.612. The van der Waals surface area contributed by atoms with Gasteiger partial charge in [0, 0.05) is 12.0 Å². The first-order chi connectivity index (χ1) is 8.26. The normalized spacial score (nSPS) is 10.5. The van der Waals surface area contributed by atoms with Crippen LogP contribution in [0, 0.1) is 0 Å². The third-order valence-electron chi connectivity index (χ3n) is 2.04. The summed E-state index contributed by atoms with van der Waals surface area (Å²) in [4.78, 5) is 10.9. The van der Waals surface area contributed by atoms with Crippen LogP contribution in [-0.4, -0.2) is 25.6 Å². The Kier molecular flexibility index (Phi) is 6.18. The van der Waals surface area contributed by atoms with Crippen molar-refractivity contribution in [1.29, 1.82) is 0 Å². The van der Waals surface area contributed by atoms with Gasteiger partial charge in [0.2, 0.25) is 0 Å². The standard InChI is InChI=1S/C13H15ClO3/c1-16-13(15)8-5-11-3-6-12(7-4-11)17-10-2-9-14/h3-8H,2,9-10H2,1H3. The predicted octanol–water partition coefficient (Wildman–Crippen LogP) is 2.88. The molecule has 0 fully saturated rings. The summed E-state index contributed by atoms with van der Waals surface area (Å²) in [6, 6.07) is 7.45. The lowest BCUT2D eigenvalue weighted by atomic mass is 10.2. The van der Waals surface area contributed by atoms with Crippen molar-refractivity contribution in [3.05, 3.63) is 35.9 Å². The fourth-order valence-electron chi connectivity index (χ4n) is 1.15. The van der Waals surface area contributed by atoms with Crippen molar-refractivity contribution in [2.75, 3.05) is 19.6 Å². The second kappa shape index (κ2) is 7.74. The fourth-order valence-corrected chi connectivity index (χ4v) is 1.26. The average molecular weight is 255 g/mol. The topological polar surface area (TPSA) is 35.5 Å². The van der Waals surface area contributed by atoms with Crippen LogP contribution in [0.5, 0.6) is 5.75 Å². The third-order valence-corrected chi connectivity index (χ3v) is 2.31. The highest BCUT2D eigenvalue weighted by molar-refractivity contribution is 6.17. The van der Waals surface area contributed by atoms with E-state index in [-0.39, 0.29) is 5.97 Å². The molecule has 1 aromatic carbocycles. The summed E-state index contributed by atoms with van der Waals surface area (Å²) in [6.07, 6.45) is 3.89. The summed E-state index contributed by atoms with van der Waals surface area (Å²) >= 11 is 5.54. The summed E-state index contributed by atoms with van der Waals surface area (Å²) in [5.74, 6) is 1.03. The summed E-state index contributed by atoms with van der Waals surface area (Å²) in [7, 11) is 1.35. The molecule has 0 saturated heterocycles. The Morgan fingerprint density at radius 1 is 1.35 bits per heavy atom. The van der Waals surface area contributed by atoms with Crippen molar-refractivity contribution < 1.29 is 14.3 Å². The molecule has 0 bridgehead atoms. The molecule has 0 spiro atoms. The van der Waals surface area contributed by atoms with Crippen LogP contribution in [0.25, 0.3) is 6.08 Å². The average Bonchev–Trinajstić information content (AvgIpc) is 2.37. The molecule has 0 N–H and O–H groups in total. The Bertz CT molecular complexity index is 371. The molecule has 4 heteroatoms. The highest BCUT2D eigenvalue weighted by Gasteiger charge is 1.95. The van der Waals surface area contributed by atoms with Crippen LogP contribution in [0.3, 0.4) is 0 Å². The number of ether oxygens (including phenoxy) is 2. The van der Waals surface area contributed by atoms with E-state index < -0.39 is 0 Å². The van der Waals surface area contributed by atoms with Gasteiger partial charge < -0.3 is 9.47 Å². The molecule has 0 saturated carbocycles. The van der Waals surface area contributed by atoms with Crippen molar-refractivity contribution in [1.82, 2.24) is 0 Å². The van der Waals surface area contributed by atoms with Gasteiger partial charge in [0.15, 0.2) is 0 Å². The number of methoxy groups -OCH3 is 1. The molecular weight excluding hydrogens is 240 g/mol. The largest absolute Gasteiger partial charge is 0.494 e. The molecule has 1 aromatic rings. The highest BCUT2D eigenvalue weighted by atomic mass is 35.5. The number of alkyl halides is 1. The van der Waals surface area contributed by atoms with Gasteiger partial charge in [-0.25, -0.2) is 4.79 Å². The van der Waals surface area contributed by atoms with E-state index >= 15 is 0 Å². The van der Waals surface area contributed by atoms with E-state index in [1.807, 2.05) is 24.3 Å². The lowest BCUT2D eigenvalue weighted by Gasteiger charge is -2.04. The second-order valence-corrected chi connectivity index (χ2v) is 3.69. The molecule has 1 rings (SSSR count). The number of hydrogen-bond acceptors (Lipinski definition) is 3. The maximum atomic E-state index is 10.9. The van der Waals surface area contributed by atoms with E-state index in [0.717, 1.165) is 17.7 Å². The SMILES string of the molecule is COC(=O)C=Cc1ccc(OCCCCl)cc1. The molecule has 0 aromatic heterocycles. The van der Waals surface area contributed by atoms with Crippen LogP contribution < -0.4 is 4.74 Å². The van der Waals surface area contributed by atoms with Crippen LogP contribution in [0.1, 0.15) is 12.0 Å². The van der Waals surface area contributed by atoms with Gasteiger partial charge in [0.05, 0.1) is 13.7 Å². The van der Waals surface area contributed by atoms with Gasteiger partial charge in [0.25, 0.3) is 0 Å². The minimum absolute atomic E-state index is 0.368. The Morgan fingerprint density at radius 3 is 2.65 bits per heavy atom. The zero-order valence-corrected chi connectivity index (χ0v) is 10.4. The van der Waals surface area contributed by atoms with Crippen LogP contribution in [-0.2, 0) is 9.53 Å². The zero-order chi connectivity index (χ0) is 12.5. The Hall–Kier alpha value is -1.48. The monoisotopic (exact) mass is 254 g/mol.